The quantitative estimate of drug-likeness (QED) is 0.864. The molecule has 2 heterocycles. The molecule has 1 aliphatic heterocycles. The summed E-state index contributed by atoms with van der Waals surface area (Å²) in [6, 6.07) is 5.13. The van der Waals surface area contributed by atoms with Crippen molar-refractivity contribution in [2.24, 2.45) is 0 Å². The average Bonchev–Trinajstić information content (AvgIpc) is 2.60. The van der Waals surface area contributed by atoms with Gasteiger partial charge in [-0.05, 0) is 37.5 Å². The van der Waals surface area contributed by atoms with Gasteiger partial charge in [0.2, 0.25) is 15.6 Å². The molecule has 25 heavy (non-hydrogen) atoms. The van der Waals surface area contributed by atoms with Crippen molar-refractivity contribution in [2.75, 3.05) is 6.54 Å². The molecule has 7 nitrogen and oxygen atoms in total. The van der Waals surface area contributed by atoms with Crippen LogP contribution in [0.1, 0.15) is 43.0 Å². The van der Waals surface area contributed by atoms with Crippen molar-refractivity contribution in [1.82, 2.24) is 9.29 Å². The SMILES string of the molecule is CC[C@@H]1CCCCN1S(=O)(=O)c1ccc2[nH]c(=O)cc(C(=O)O)c2c1. The van der Waals surface area contributed by atoms with Gasteiger partial charge in [0, 0.05) is 29.6 Å². The van der Waals surface area contributed by atoms with Crippen LogP contribution in [0.4, 0.5) is 0 Å². The predicted molar refractivity (Wildman–Crippen MR) is 93.3 cm³/mol. The number of benzene rings is 1. The summed E-state index contributed by atoms with van der Waals surface area (Å²) >= 11 is 0. The number of aromatic amines is 1. The number of pyridine rings is 1. The monoisotopic (exact) mass is 364 g/mol. The molecule has 0 spiro atoms. The molecule has 8 heteroatoms. The molecule has 0 bridgehead atoms. The molecule has 134 valence electrons. The summed E-state index contributed by atoms with van der Waals surface area (Å²) in [6.45, 7) is 2.43. The van der Waals surface area contributed by atoms with E-state index in [2.05, 4.69) is 4.98 Å². The van der Waals surface area contributed by atoms with Crippen LogP contribution in [0, 0.1) is 0 Å². The zero-order chi connectivity index (χ0) is 18.2. The first-order valence-electron chi connectivity index (χ1n) is 8.27. The lowest BCUT2D eigenvalue weighted by Crippen LogP contribution is -2.43. The van der Waals surface area contributed by atoms with E-state index in [0.717, 1.165) is 31.7 Å². The minimum atomic E-state index is -3.72. The van der Waals surface area contributed by atoms with Gasteiger partial charge in [-0.2, -0.15) is 4.31 Å². The van der Waals surface area contributed by atoms with Crippen molar-refractivity contribution in [3.05, 3.63) is 40.2 Å². The Hall–Kier alpha value is -2.19. The Balaban J connectivity index is 2.15. The topological polar surface area (TPSA) is 108 Å². The maximum absolute atomic E-state index is 13.1. The van der Waals surface area contributed by atoms with Crippen molar-refractivity contribution in [2.45, 2.75) is 43.5 Å². The second-order valence-electron chi connectivity index (χ2n) is 6.23. The van der Waals surface area contributed by atoms with Gasteiger partial charge in [0.1, 0.15) is 0 Å². The van der Waals surface area contributed by atoms with E-state index in [1.165, 1.54) is 22.5 Å². The molecular formula is C17H20N2O5S. The number of piperidine rings is 1. The molecular weight excluding hydrogens is 344 g/mol. The number of nitrogens with one attached hydrogen (secondary N) is 1. The second-order valence-corrected chi connectivity index (χ2v) is 8.12. The van der Waals surface area contributed by atoms with Crippen molar-refractivity contribution in [3.63, 3.8) is 0 Å². The Morgan fingerprint density at radius 3 is 2.76 bits per heavy atom. The predicted octanol–water partition coefficient (Wildman–Crippen LogP) is 2.18. The lowest BCUT2D eigenvalue weighted by molar-refractivity contribution is 0.0698. The third-order valence-corrected chi connectivity index (χ3v) is 6.64. The highest BCUT2D eigenvalue weighted by Crippen LogP contribution is 2.29. The molecule has 1 saturated heterocycles. The van der Waals surface area contributed by atoms with E-state index in [1.54, 1.807) is 0 Å². The molecule has 1 fully saturated rings. The van der Waals surface area contributed by atoms with Gasteiger partial charge in [0.25, 0.3) is 0 Å². The highest BCUT2D eigenvalue weighted by Gasteiger charge is 2.32. The van der Waals surface area contributed by atoms with Crippen LogP contribution in [0.15, 0.2) is 34.0 Å². The fourth-order valence-corrected chi connectivity index (χ4v) is 5.20. The van der Waals surface area contributed by atoms with Crippen LogP contribution >= 0.6 is 0 Å². The molecule has 1 aromatic carbocycles. The van der Waals surface area contributed by atoms with Gasteiger partial charge >= 0.3 is 5.97 Å². The summed E-state index contributed by atoms with van der Waals surface area (Å²) in [4.78, 5) is 25.6. The lowest BCUT2D eigenvalue weighted by Gasteiger charge is -2.34. The van der Waals surface area contributed by atoms with E-state index >= 15 is 0 Å². The normalized spacial score (nSPS) is 19.2. The maximum atomic E-state index is 13.1. The smallest absolute Gasteiger partial charge is 0.336 e. The van der Waals surface area contributed by atoms with Gasteiger partial charge < -0.3 is 10.1 Å². The van der Waals surface area contributed by atoms with Crippen molar-refractivity contribution in [3.8, 4) is 0 Å². The van der Waals surface area contributed by atoms with E-state index in [1.807, 2.05) is 6.92 Å². The van der Waals surface area contributed by atoms with Crippen LogP contribution in [0.2, 0.25) is 0 Å². The first kappa shape index (κ1) is 17.6. The number of hydrogen-bond donors (Lipinski definition) is 2. The van der Waals surface area contributed by atoms with E-state index in [-0.39, 0.29) is 21.9 Å². The Bertz CT molecular complexity index is 980. The van der Waals surface area contributed by atoms with Crippen LogP contribution in [-0.4, -0.2) is 41.4 Å². The number of aromatic carboxylic acids is 1. The van der Waals surface area contributed by atoms with Crippen LogP contribution < -0.4 is 5.56 Å². The minimum Gasteiger partial charge on any atom is -0.478 e. The van der Waals surface area contributed by atoms with Crippen LogP contribution in [0.5, 0.6) is 0 Å². The molecule has 1 aromatic heterocycles. The summed E-state index contributed by atoms with van der Waals surface area (Å²) in [5, 5.41) is 9.52. The molecule has 0 saturated carbocycles. The van der Waals surface area contributed by atoms with E-state index < -0.39 is 21.6 Å². The van der Waals surface area contributed by atoms with Gasteiger partial charge in [-0.1, -0.05) is 13.3 Å². The van der Waals surface area contributed by atoms with Gasteiger partial charge in [-0.3, -0.25) is 4.79 Å². The Kier molecular flexibility index (Phi) is 4.66. The Morgan fingerprint density at radius 2 is 2.08 bits per heavy atom. The highest BCUT2D eigenvalue weighted by molar-refractivity contribution is 7.89. The Labute approximate surface area is 145 Å². The number of aromatic nitrogens is 1. The highest BCUT2D eigenvalue weighted by atomic mass is 32.2. The zero-order valence-corrected chi connectivity index (χ0v) is 14.7. The number of rotatable bonds is 4. The maximum Gasteiger partial charge on any atom is 0.336 e. The van der Waals surface area contributed by atoms with Crippen molar-refractivity contribution >= 4 is 26.9 Å². The fraction of sp³-hybridized carbons (Fsp3) is 0.412. The lowest BCUT2D eigenvalue weighted by atomic mass is 10.0. The molecule has 0 radical (unpaired) electrons. The zero-order valence-electron chi connectivity index (χ0n) is 13.9. The average molecular weight is 364 g/mol. The fourth-order valence-electron chi connectivity index (χ4n) is 3.40. The number of carbonyl (C=O) groups is 1. The summed E-state index contributed by atoms with van der Waals surface area (Å²) < 4.78 is 27.6. The summed E-state index contributed by atoms with van der Waals surface area (Å²) in [6.07, 6.45) is 3.39. The Morgan fingerprint density at radius 1 is 1.32 bits per heavy atom. The van der Waals surface area contributed by atoms with Crippen molar-refractivity contribution in [1.29, 1.82) is 0 Å². The number of nitrogens with zero attached hydrogens (tertiary/aromatic N) is 1. The summed E-state index contributed by atoms with van der Waals surface area (Å²) in [7, 11) is -3.72. The van der Waals surface area contributed by atoms with E-state index in [0.29, 0.717) is 12.1 Å². The minimum absolute atomic E-state index is 0.0380. The number of hydrogen-bond acceptors (Lipinski definition) is 4. The van der Waals surface area contributed by atoms with E-state index in [9.17, 15) is 23.1 Å². The molecule has 0 amide bonds. The molecule has 1 aliphatic rings. The number of H-pyrrole nitrogens is 1. The molecule has 0 unspecified atom stereocenters. The van der Waals surface area contributed by atoms with Crippen LogP contribution in [0.3, 0.4) is 0 Å². The van der Waals surface area contributed by atoms with Gasteiger partial charge in [0.05, 0.1) is 10.5 Å². The third kappa shape index (κ3) is 3.19. The number of carboxylic acid groups (broad SMARTS) is 1. The van der Waals surface area contributed by atoms with Crippen LogP contribution in [0.25, 0.3) is 10.9 Å². The number of sulfonamides is 1. The van der Waals surface area contributed by atoms with E-state index in [4.69, 9.17) is 0 Å². The van der Waals surface area contributed by atoms with Crippen LogP contribution in [-0.2, 0) is 10.0 Å². The summed E-state index contributed by atoms with van der Waals surface area (Å²) in [5.74, 6) is -1.27. The molecule has 2 N–H and O–H groups in total. The summed E-state index contributed by atoms with van der Waals surface area (Å²) in [5.41, 5.74) is -0.446. The van der Waals surface area contributed by atoms with Gasteiger partial charge in [0.15, 0.2) is 0 Å². The second kappa shape index (κ2) is 6.61. The molecule has 1 atom stereocenters. The number of carboxylic acids is 1. The largest absolute Gasteiger partial charge is 0.478 e. The molecule has 2 aromatic rings. The molecule has 3 rings (SSSR count). The van der Waals surface area contributed by atoms with Gasteiger partial charge in [-0.25, -0.2) is 13.2 Å². The van der Waals surface area contributed by atoms with Crippen molar-refractivity contribution < 1.29 is 18.3 Å². The standard InChI is InChI=1S/C17H20N2O5S/c1-2-11-5-3-4-8-19(11)25(23,24)12-6-7-15-13(9-12)14(17(21)22)10-16(20)18-15/h6-7,9-11H,2-5,8H2,1H3,(H,18,20)(H,21,22)/t11-/m1/s1. The number of fused-ring (bicyclic) bond motifs is 1. The molecule has 0 aliphatic carbocycles. The first-order valence-corrected chi connectivity index (χ1v) is 9.71. The van der Waals surface area contributed by atoms with Gasteiger partial charge in [-0.15, -0.1) is 0 Å². The third-order valence-electron chi connectivity index (χ3n) is 4.70. The first-order chi connectivity index (χ1) is 11.8.